The fraction of sp³-hybridized carbons (Fsp3) is 0.714. The lowest BCUT2D eigenvalue weighted by molar-refractivity contribution is -0.209. The van der Waals surface area contributed by atoms with Crippen LogP contribution in [-0.4, -0.2) is 71.0 Å². The first-order valence-electron chi connectivity index (χ1n) is 7.35. The molecule has 1 fully saturated rings. The van der Waals surface area contributed by atoms with E-state index in [1.807, 2.05) is 0 Å². The Kier molecular flexibility index (Phi) is 5.30. The minimum atomic E-state index is -4.61. The number of nitrogens with zero attached hydrogens (tertiary/aromatic N) is 3. The monoisotopic (exact) mass is 335 g/mol. The molecule has 1 atom stereocenters. The van der Waals surface area contributed by atoms with Gasteiger partial charge in [-0.15, -0.1) is 0 Å². The van der Waals surface area contributed by atoms with Gasteiger partial charge in [0.25, 0.3) is 0 Å². The molecule has 1 aromatic heterocycles. The van der Waals surface area contributed by atoms with E-state index in [-0.39, 0.29) is 12.3 Å². The van der Waals surface area contributed by atoms with E-state index in [1.54, 1.807) is 18.7 Å². The summed E-state index contributed by atoms with van der Waals surface area (Å²) in [5.41, 5.74) is 1.42. The van der Waals surface area contributed by atoms with Crippen LogP contribution in [0.2, 0.25) is 0 Å². The van der Waals surface area contributed by atoms with E-state index in [9.17, 15) is 18.0 Å². The van der Waals surface area contributed by atoms with Gasteiger partial charge in [-0.1, -0.05) is 5.16 Å². The first-order valence-corrected chi connectivity index (χ1v) is 7.35. The predicted octanol–water partition coefficient (Wildman–Crippen LogP) is 0.901. The molecule has 2 heterocycles. The third-order valence-electron chi connectivity index (χ3n) is 4.04. The summed E-state index contributed by atoms with van der Waals surface area (Å²) in [7, 11) is 0. The number of aliphatic hydroxyl groups is 1. The van der Waals surface area contributed by atoms with E-state index < -0.39 is 18.8 Å². The minimum absolute atomic E-state index is 0.101. The zero-order valence-electron chi connectivity index (χ0n) is 13.1. The van der Waals surface area contributed by atoms with Gasteiger partial charge in [0.2, 0.25) is 5.91 Å². The van der Waals surface area contributed by atoms with Crippen molar-refractivity contribution in [2.75, 3.05) is 32.7 Å². The van der Waals surface area contributed by atoms with Gasteiger partial charge in [0.05, 0.1) is 12.1 Å². The third-order valence-corrected chi connectivity index (χ3v) is 4.04. The average molecular weight is 335 g/mol. The summed E-state index contributed by atoms with van der Waals surface area (Å²) in [6, 6.07) is 0. The molecule has 1 aromatic rings. The SMILES string of the molecule is Cc1noc(C)c1CC(=O)N1CCN(C[C@@H](O)C(F)(F)F)CC1. The third kappa shape index (κ3) is 4.44. The van der Waals surface area contributed by atoms with Gasteiger partial charge in [0, 0.05) is 38.3 Å². The van der Waals surface area contributed by atoms with Crippen molar-refractivity contribution >= 4 is 5.91 Å². The molecule has 1 aliphatic heterocycles. The Morgan fingerprint density at radius 3 is 2.39 bits per heavy atom. The quantitative estimate of drug-likeness (QED) is 0.885. The van der Waals surface area contributed by atoms with E-state index >= 15 is 0 Å². The van der Waals surface area contributed by atoms with Gasteiger partial charge >= 0.3 is 6.18 Å². The Hall–Kier alpha value is -1.61. The number of aliphatic hydroxyl groups excluding tert-OH is 1. The standard InChI is InChI=1S/C14H20F3N3O3/c1-9-11(10(2)23-18-9)7-13(22)20-5-3-19(4-6-20)8-12(21)14(15,16)17/h12,21H,3-8H2,1-2H3/t12-/m1/s1. The van der Waals surface area contributed by atoms with Crippen LogP contribution in [0.25, 0.3) is 0 Å². The van der Waals surface area contributed by atoms with Crippen LogP contribution in [0.5, 0.6) is 0 Å². The van der Waals surface area contributed by atoms with Crippen LogP contribution in [0, 0.1) is 13.8 Å². The molecule has 0 saturated carbocycles. The molecular weight excluding hydrogens is 315 g/mol. The molecule has 23 heavy (non-hydrogen) atoms. The van der Waals surface area contributed by atoms with Crippen LogP contribution >= 0.6 is 0 Å². The number of rotatable bonds is 4. The fourth-order valence-corrected chi connectivity index (χ4v) is 2.55. The van der Waals surface area contributed by atoms with Crippen molar-refractivity contribution in [3.05, 3.63) is 17.0 Å². The molecule has 1 N–H and O–H groups in total. The molecule has 0 radical (unpaired) electrons. The van der Waals surface area contributed by atoms with E-state index in [2.05, 4.69) is 5.16 Å². The molecule has 130 valence electrons. The first kappa shape index (κ1) is 17.7. The van der Waals surface area contributed by atoms with Crippen LogP contribution in [0.4, 0.5) is 13.2 Å². The number of β-amino-alcohol motifs (C(OH)–C–C–N with tert-alkyl or cyclic N) is 1. The Morgan fingerprint density at radius 1 is 1.30 bits per heavy atom. The highest BCUT2D eigenvalue weighted by Crippen LogP contribution is 2.21. The van der Waals surface area contributed by atoms with Gasteiger partial charge in [0.1, 0.15) is 5.76 Å². The Labute approximate surface area is 131 Å². The molecule has 1 amide bonds. The summed E-state index contributed by atoms with van der Waals surface area (Å²) in [6.07, 6.45) is -6.80. The lowest BCUT2D eigenvalue weighted by Gasteiger charge is -2.35. The number of amides is 1. The number of aromatic nitrogens is 1. The van der Waals surface area contributed by atoms with E-state index in [1.165, 1.54) is 4.90 Å². The molecule has 0 bridgehead atoms. The van der Waals surface area contributed by atoms with Crippen LogP contribution in [0.1, 0.15) is 17.0 Å². The Morgan fingerprint density at radius 2 is 1.91 bits per heavy atom. The van der Waals surface area contributed by atoms with Gasteiger partial charge in [0.15, 0.2) is 6.10 Å². The van der Waals surface area contributed by atoms with Crippen molar-refractivity contribution in [2.24, 2.45) is 0 Å². The summed E-state index contributed by atoms with van der Waals surface area (Å²) in [6.45, 7) is 4.32. The maximum Gasteiger partial charge on any atom is 0.415 e. The number of halogens is 3. The average Bonchev–Trinajstić information content (AvgIpc) is 2.79. The normalized spacial score (nSPS) is 18.3. The minimum Gasteiger partial charge on any atom is -0.382 e. The zero-order valence-corrected chi connectivity index (χ0v) is 13.1. The fourth-order valence-electron chi connectivity index (χ4n) is 2.55. The molecule has 1 aliphatic rings. The molecule has 9 heteroatoms. The lowest BCUT2D eigenvalue weighted by atomic mass is 10.1. The van der Waals surface area contributed by atoms with Gasteiger partial charge in [-0.2, -0.15) is 13.2 Å². The highest BCUT2D eigenvalue weighted by atomic mass is 19.4. The maximum atomic E-state index is 12.3. The molecule has 1 saturated heterocycles. The first-order chi connectivity index (χ1) is 10.7. The Balaban J connectivity index is 1.83. The second-order valence-electron chi connectivity index (χ2n) is 5.72. The summed E-state index contributed by atoms with van der Waals surface area (Å²) < 4.78 is 42.0. The lowest BCUT2D eigenvalue weighted by Crippen LogP contribution is -2.52. The van der Waals surface area contributed by atoms with E-state index in [4.69, 9.17) is 9.63 Å². The van der Waals surface area contributed by atoms with Crippen molar-refractivity contribution in [2.45, 2.75) is 32.5 Å². The Bertz CT molecular complexity index is 532. The van der Waals surface area contributed by atoms with Gasteiger partial charge in [-0.05, 0) is 13.8 Å². The summed E-state index contributed by atoms with van der Waals surface area (Å²) >= 11 is 0. The molecule has 0 aliphatic carbocycles. The molecule has 0 unspecified atom stereocenters. The number of piperazine rings is 1. The highest BCUT2D eigenvalue weighted by molar-refractivity contribution is 5.79. The van der Waals surface area contributed by atoms with Crippen molar-refractivity contribution in [3.63, 3.8) is 0 Å². The largest absolute Gasteiger partial charge is 0.415 e. The van der Waals surface area contributed by atoms with Crippen molar-refractivity contribution in [1.82, 2.24) is 15.0 Å². The zero-order chi connectivity index (χ0) is 17.2. The highest BCUT2D eigenvalue weighted by Gasteiger charge is 2.39. The summed E-state index contributed by atoms with van der Waals surface area (Å²) in [5.74, 6) is 0.498. The number of carbonyl (C=O) groups excluding carboxylic acids is 1. The topological polar surface area (TPSA) is 69.8 Å². The van der Waals surface area contributed by atoms with E-state index in [0.29, 0.717) is 37.6 Å². The number of hydrogen-bond donors (Lipinski definition) is 1. The van der Waals surface area contributed by atoms with Gasteiger partial charge < -0.3 is 14.5 Å². The van der Waals surface area contributed by atoms with Crippen LogP contribution in [0.3, 0.4) is 0 Å². The maximum absolute atomic E-state index is 12.3. The molecule has 0 aromatic carbocycles. The molecule has 2 rings (SSSR count). The van der Waals surface area contributed by atoms with Crippen molar-refractivity contribution in [1.29, 1.82) is 0 Å². The molecule has 0 spiro atoms. The second-order valence-corrected chi connectivity index (χ2v) is 5.72. The van der Waals surface area contributed by atoms with Crippen molar-refractivity contribution < 1.29 is 27.6 Å². The second kappa shape index (κ2) is 6.88. The predicted molar refractivity (Wildman–Crippen MR) is 74.8 cm³/mol. The van der Waals surface area contributed by atoms with Crippen molar-refractivity contribution in [3.8, 4) is 0 Å². The number of alkyl halides is 3. The van der Waals surface area contributed by atoms with Crippen LogP contribution in [0.15, 0.2) is 4.52 Å². The number of hydrogen-bond acceptors (Lipinski definition) is 5. The smallest absolute Gasteiger partial charge is 0.382 e. The van der Waals surface area contributed by atoms with Crippen LogP contribution < -0.4 is 0 Å². The molecule has 6 nitrogen and oxygen atoms in total. The van der Waals surface area contributed by atoms with Gasteiger partial charge in [-0.25, -0.2) is 0 Å². The van der Waals surface area contributed by atoms with E-state index in [0.717, 1.165) is 5.56 Å². The number of aryl methyl sites for hydroxylation is 2. The molecular formula is C14H20F3N3O3. The van der Waals surface area contributed by atoms with Gasteiger partial charge in [-0.3, -0.25) is 9.69 Å². The summed E-state index contributed by atoms with van der Waals surface area (Å²) in [5, 5.41) is 12.9. The summed E-state index contributed by atoms with van der Waals surface area (Å²) in [4.78, 5) is 15.4. The van der Waals surface area contributed by atoms with Crippen LogP contribution in [-0.2, 0) is 11.2 Å². The number of carbonyl (C=O) groups is 1.